The van der Waals surface area contributed by atoms with Crippen molar-refractivity contribution in [3.63, 3.8) is 0 Å². The Morgan fingerprint density at radius 2 is 1.48 bits per heavy atom. The minimum Gasteiger partial charge on any atom is -0.0614 e. The molecule has 0 aromatic heterocycles. The summed E-state index contributed by atoms with van der Waals surface area (Å²) in [5.74, 6) is 0. The Morgan fingerprint density at radius 3 is 2.30 bits per heavy atom. The molecule has 5 rings (SSSR count). The van der Waals surface area contributed by atoms with Crippen LogP contribution in [-0.4, -0.2) is 0 Å². The summed E-state index contributed by atoms with van der Waals surface area (Å²) in [4.78, 5) is 0. The maximum atomic E-state index is 2.47. The summed E-state index contributed by atoms with van der Waals surface area (Å²) in [5.41, 5.74) is 14.7. The maximum Gasteiger partial charge on any atom is -0.00106 e. The molecule has 3 aromatic rings. The number of fused-ring (bicyclic) bond motifs is 6. The highest BCUT2D eigenvalue weighted by atomic mass is 14.3. The third kappa shape index (κ3) is 1.78. The van der Waals surface area contributed by atoms with E-state index in [1.165, 1.54) is 55.6 Å². The molecule has 0 nitrogen and oxygen atoms in total. The van der Waals surface area contributed by atoms with Gasteiger partial charge in [-0.3, -0.25) is 0 Å². The smallest absolute Gasteiger partial charge is 0.00106 e. The first-order chi connectivity index (χ1) is 11.2. The molecule has 0 spiro atoms. The van der Waals surface area contributed by atoms with E-state index in [9.17, 15) is 0 Å². The van der Waals surface area contributed by atoms with Gasteiger partial charge in [-0.05, 0) is 94.0 Å². The van der Waals surface area contributed by atoms with Crippen molar-refractivity contribution in [2.75, 3.05) is 0 Å². The Labute approximate surface area is 137 Å². The van der Waals surface area contributed by atoms with Crippen LogP contribution in [0.1, 0.15) is 40.3 Å². The zero-order valence-electron chi connectivity index (χ0n) is 13.7. The van der Waals surface area contributed by atoms with E-state index in [-0.39, 0.29) is 0 Å². The van der Waals surface area contributed by atoms with Crippen molar-refractivity contribution in [1.82, 2.24) is 0 Å². The van der Waals surface area contributed by atoms with E-state index in [4.69, 9.17) is 0 Å². The standard InChI is InChI=1S/C23H20/c1-3-15-7-8-16-10-17-12-22-18(13-23(17)21(16)9-15)11-20-14(2)5-4-6-19(20)22/h4-9,12-13H,3,10-11H2,1-2H3. The van der Waals surface area contributed by atoms with Crippen LogP contribution in [0.2, 0.25) is 0 Å². The van der Waals surface area contributed by atoms with Crippen LogP contribution in [0.5, 0.6) is 0 Å². The van der Waals surface area contributed by atoms with Crippen LogP contribution in [0.4, 0.5) is 0 Å². The van der Waals surface area contributed by atoms with Crippen molar-refractivity contribution in [2.45, 2.75) is 33.1 Å². The Kier molecular flexibility index (Phi) is 2.61. The first kappa shape index (κ1) is 13.1. The molecule has 0 heterocycles. The number of hydrogen-bond acceptors (Lipinski definition) is 0. The minimum absolute atomic E-state index is 1.09. The topological polar surface area (TPSA) is 0 Å². The predicted molar refractivity (Wildman–Crippen MR) is 97.0 cm³/mol. The summed E-state index contributed by atoms with van der Waals surface area (Å²) < 4.78 is 0. The lowest BCUT2D eigenvalue weighted by Gasteiger charge is -2.07. The van der Waals surface area contributed by atoms with Crippen LogP contribution in [0, 0.1) is 6.92 Å². The zero-order chi connectivity index (χ0) is 15.6. The maximum absolute atomic E-state index is 2.47. The van der Waals surface area contributed by atoms with Crippen molar-refractivity contribution < 1.29 is 0 Å². The van der Waals surface area contributed by atoms with Gasteiger partial charge in [0.1, 0.15) is 0 Å². The summed E-state index contributed by atoms with van der Waals surface area (Å²) >= 11 is 0. The van der Waals surface area contributed by atoms with Gasteiger partial charge in [0.2, 0.25) is 0 Å². The molecule has 0 heteroatoms. The number of aryl methyl sites for hydroxylation is 2. The summed E-state index contributed by atoms with van der Waals surface area (Å²) in [6, 6.07) is 18.7. The largest absolute Gasteiger partial charge is 0.0614 e. The second-order valence-corrected chi connectivity index (χ2v) is 6.97. The van der Waals surface area contributed by atoms with E-state index in [0.717, 1.165) is 19.3 Å². The Balaban J connectivity index is 1.70. The molecule has 112 valence electrons. The van der Waals surface area contributed by atoms with E-state index >= 15 is 0 Å². The van der Waals surface area contributed by atoms with E-state index < -0.39 is 0 Å². The molecule has 2 aliphatic carbocycles. The van der Waals surface area contributed by atoms with Crippen LogP contribution in [0.3, 0.4) is 0 Å². The first-order valence-corrected chi connectivity index (χ1v) is 8.61. The van der Waals surface area contributed by atoms with Crippen LogP contribution in [0.25, 0.3) is 22.3 Å². The van der Waals surface area contributed by atoms with Gasteiger partial charge in [-0.15, -0.1) is 0 Å². The average molecular weight is 296 g/mol. The lowest BCUT2D eigenvalue weighted by Crippen LogP contribution is -1.86. The van der Waals surface area contributed by atoms with Crippen molar-refractivity contribution in [3.8, 4) is 22.3 Å². The number of hydrogen-bond donors (Lipinski definition) is 0. The molecule has 0 bridgehead atoms. The molecule has 2 aliphatic rings. The van der Waals surface area contributed by atoms with Gasteiger partial charge in [-0.25, -0.2) is 0 Å². The molecule has 3 aromatic carbocycles. The summed E-state index contributed by atoms with van der Waals surface area (Å²) in [5, 5.41) is 0. The molecule has 23 heavy (non-hydrogen) atoms. The molecule has 0 saturated heterocycles. The van der Waals surface area contributed by atoms with Gasteiger partial charge in [0.15, 0.2) is 0 Å². The average Bonchev–Trinajstić information content (AvgIpc) is 3.11. The highest BCUT2D eigenvalue weighted by Gasteiger charge is 2.25. The fourth-order valence-corrected chi connectivity index (χ4v) is 4.32. The first-order valence-electron chi connectivity index (χ1n) is 8.61. The van der Waals surface area contributed by atoms with Gasteiger partial charge in [-0.1, -0.05) is 43.3 Å². The quantitative estimate of drug-likeness (QED) is 0.372. The summed E-state index contributed by atoms with van der Waals surface area (Å²) in [6.07, 6.45) is 3.29. The molecule has 0 atom stereocenters. The highest BCUT2D eigenvalue weighted by Crippen LogP contribution is 2.45. The van der Waals surface area contributed by atoms with Crippen LogP contribution in [-0.2, 0) is 19.3 Å². The summed E-state index contributed by atoms with van der Waals surface area (Å²) in [7, 11) is 0. The van der Waals surface area contributed by atoms with Crippen LogP contribution in [0.15, 0.2) is 48.5 Å². The van der Waals surface area contributed by atoms with Crippen LogP contribution < -0.4 is 0 Å². The molecular formula is C23H20. The third-order valence-electron chi connectivity index (χ3n) is 5.65. The third-order valence-corrected chi connectivity index (χ3v) is 5.65. The monoisotopic (exact) mass is 296 g/mol. The van der Waals surface area contributed by atoms with Gasteiger partial charge in [0.25, 0.3) is 0 Å². The fourth-order valence-electron chi connectivity index (χ4n) is 4.32. The number of rotatable bonds is 1. The minimum atomic E-state index is 1.09. The molecule has 0 aliphatic heterocycles. The molecule has 0 unspecified atom stereocenters. The van der Waals surface area contributed by atoms with E-state index in [1.54, 1.807) is 0 Å². The van der Waals surface area contributed by atoms with E-state index in [0.29, 0.717) is 0 Å². The zero-order valence-corrected chi connectivity index (χ0v) is 13.7. The molecule has 0 saturated carbocycles. The van der Waals surface area contributed by atoms with E-state index in [2.05, 4.69) is 62.4 Å². The Bertz CT molecular complexity index is 960. The second-order valence-electron chi connectivity index (χ2n) is 6.97. The van der Waals surface area contributed by atoms with Gasteiger partial charge < -0.3 is 0 Å². The van der Waals surface area contributed by atoms with Gasteiger partial charge >= 0.3 is 0 Å². The molecular weight excluding hydrogens is 276 g/mol. The van der Waals surface area contributed by atoms with Crippen molar-refractivity contribution in [1.29, 1.82) is 0 Å². The molecule has 0 fully saturated rings. The van der Waals surface area contributed by atoms with Gasteiger partial charge in [0.05, 0.1) is 0 Å². The lowest BCUT2D eigenvalue weighted by atomic mass is 9.97. The Hall–Kier alpha value is -2.34. The SMILES string of the molecule is CCc1ccc2c(c1)-c1cc3c(cc1C2)-c1cccc(C)c1C3. The molecule has 0 amide bonds. The summed E-state index contributed by atoms with van der Waals surface area (Å²) in [6.45, 7) is 4.47. The van der Waals surface area contributed by atoms with Crippen LogP contribution >= 0.6 is 0 Å². The predicted octanol–water partition coefficient (Wildman–Crippen LogP) is 5.70. The fraction of sp³-hybridized carbons (Fsp3) is 0.217. The molecule has 0 N–H and O–H groups in total. The molecule has 0 radical (unpaired) electrons. The second kappa shape index (κ2) is 4.58. The lowest BCUT2D eigenvalue weighted by molar-refractivity contribution is 1.13. The number of benzene rings is 3. The Morgan fingerprint density at radius 1 is 0.739 bits per heavy atom. The van der Waals surface area contributed by atoms with Gasteiger partial charge in [-0.2, -0.15) is 0 Å². The van der Waals surface area contributed by atoms with Crippen molar-refractivity contribution >= 4 is 0 Å². The normalized spacial score (nSPS) is 13.5. The van der Waals surface area contributed by atoms with Crippen molar-refractivity contribution in [2.24, 2.45) is 0 Å². The van der Waals surface area contributed by atoms with Gasteiger partial charge in [0, 0.05) is 0 Å². The van der Waals surface area contributed by atoms with Crippen molar-refractivity contribution in [3.05, 3.63) is 81.9 Å². The highest BCUT2D eigenvalue weighted by molar-refractivity contribution is 5.86. The van der Waals surface area contributed by atoms with E-state index in [1.807, 2.05) is 0 Å².